The number of anilines is 2. The van der Waals surface area contributed by atoms with Gasteiger partial charge in [-0.25, -0.2) is 9.37 Å². The van der Waals surface area contributed by atoms with Gasteiger partial charge in [-0.1, -0.05) is 13.0 Å². The molecule has 5 nitrogen and oxygen atoms in total. The molecule has 0 aliphatic rings. The van der Waals surface area contributed by atoms with Crippen molar-refractivity contribution >= 4 is 23.3 Å². The Morgan fingerprint density at radius 2 is 2.00 bits per heavy atom. The summed E-state index contributed by atoms with van der Waals surface area (Å²) in [6.07, 6.45) is 1.81. The Bertz CT molecular complexity index is 656. The Labute approximate surface area is 121 Å². The quantitative estimate of drug-likeness (QED) is 0.908. The molecule has 2 rings (SSSR count). The second kappa shape index (κ2) is 6.60. The molecule has 108 valence electrons. The molecule has 0 atom stereocenters. The van der Waals surface area contributed by atoms with E-state index in [4.69, 9.17) is 0 Å². The van der Waals surface area contributed by atoms with Gasteiger partial charge in [0.1, 0.15) is 11.6 Å². The van der Waals surface area contributed by atoms with Crippen LogP contribution >= 0.6 is 0 Å². The summed E-state index contributed by atoms with van der Waals surface area (Å²) in [4.78, 5) is 27.1. The number of nitrogens with zero attached hydrogens (tertiary/aromatic N) is 1. The average molecular weight is 287 g/mol. The highest BCUT2D eigenvalue weighted by molar-refractivity contribution is 6.03. The fourth-order valence-corrected chi connectivity index (χ4v) is 1.61. The van der Waals surface area contributed by atoms with E-state index in [1.807, 2.05) is 0 Å². The molecule has 2 N–H and O–H groups in total. The summed E-state index contributed by atoms with van der Waals surface area (Å²) >= 11 is 0. The van der Waals surface area contributed by atoms with Gasteiger partial charge in [0.25, 0.3) is 5.91 Å². The van der Waals surface area contributed by atoms with Crippen molar-refractivity contribution in [1.29, 1.82) is 0 Å². The highest BCUT2D eigenvalue weighted by Crippen LogP contribution is 2.12. The number of nitrogens with one attached hydrogen (secondary N) is 2. The summed E-state index contributed by atoms with van der Waals surface area (Å²) in [5.41, 5.74) is 0.755. The highest BCUT2D eigenvalue weighted by atomic mass is 19.1. The second-order valence-electron chi connectivity index (χ2n) is 4.30. The number of carbonyl (C=O) groups excluding carboxylic acids is 2. The zero-order valence-corrected chi connectivity index (χ0v) is 11.4. The second-order valence-corrected chi connectivity index (χ2v) is 4.30. The lowest BCUT2D eigenvalue weighted by Gasteiger charge is -2.06. The van der Waals surface area contributed by atoms with Crippen molar-refractivity contribution in [3.8, 4) is 0 Å². The zero-order valence-electron chi connectivity index (χ0n) is 11.4. The number of aromatic nitrogens is 1. The molecule has 0 aliphatic heterocycles. The van der Waals surface area contributed by atoms with Crippen LogP contribution in [0.5, 0.6) is 0 Å². The minimum absolute atomic E-state index is 0.117. The van der Waals surface area contributed by atoms with Crippen LogP contribution in [-0.4, -0.2) is 16.8 Å². The number of hydrogen-bond acceptors (Lipinski definition) is 3. The number of rotatable bonds is 4. The third kappa shape index (κ3) is 4.10. The standard InChI is InChI=1S/C15H14FN3O2/c1-2-14(20)18-12-6-7-13(17-9-12)19-15(21)10-4-3-5-11(16)8-10/h3-9H,2H2,1H3,(H,18,20)(H,17,19,21). The van der Waals surface area contributed by atoms with E-state index in [1.54, 1.807) is 19.1 Å². The maximum atomic E-state index is 13.0. The first kappa shape index (κ1) is 14.6. The van der Waals surface area contributed by atoms with Crippen molar-refractivity contribution in [3.05, 3.63) is 54.0 Å². The molecule has 1 aromatic heterocycles. The average Bonchev–Trinajstić information content (AvgIpc) is 2.49. The largest absolute Gasteiger partial charge is 0.325 e. The maximum Gasteiger partial charge on any atom is 0.256 e. The molecule has 2 aromatic rings. The molecule has 0 fully saturated rings. The minimum Gasteiger partial charge on any atom is -0.325 e. The predicted octanol–water partition coefficient (Wildman–Crippen LogP) is 2.82. The van der Waals surface area contributed by atoms with Crippen LogP contribution in [0, 0.1) is 5.82 Å². The van der Waals surface area contributed by atoms with E-state index in [-0.39, 0.29) is 11.5 Å². The van der Waals surface area contributed by atoms with Crippen LogP contribution in [0.15, 0.2) is 42.6 Å². The molecule has 0 saturated heterocycles. The van der Waals surface area contributed by atoms with Gasteiger partial charge in [-0.05, 0) is 30.3 Å². The zero-order chi connectivity index (χ0) is 15.2. The van der Waals surface area contributed by atoms with Crippen molar-refractivity contribution in [2.24, 2.45) is 0 Å². The normalized spacial score (nSPS) is 10.0. The van der Waals surface area contributed by atoms with Crippen LogP contribution in [0.2, 0.25) is 0 Å². The van der Waals surface area contributed by atoms with Gasteiger partial charge in [-0.15, -0.1) is 0 Å². The Morgan fingerprint density at radius 1 is 1.19 bits per heavy atom. The van der Waals surface area contributed by atoms with Crippen molar-refractivity contribution in [2.45, 2.75) is 13.3 Å². The van der Waals surface area contributed by atoms with E-state index in [2.05, 4.69) is 15.6 Å². The molecule has 2 amide bonds. The van der Waals surface area contributed by atoms with Crippen LogP contribution in [0.4, 0.5) is 15.9 Å². The van der Waals surface area contributed by atoms with Gasteiger partial charge in [0, 0.05) is 12.0 Å². The summed E-state index contributed by atoms with van der Waals surface area (Å²) in [6, 6.07) is 8.56. The molecule has 1 aromatic carbocycles. The Balaban J connectivity index is 2.03. The Hall–Kier alpha value is -2.76. The number of amides is 2. The lowest BCUT2D eigenvalue weighted by molar-refractivity contribution is -0.115. The first-order chi connectivity index (χ1) is 10.1. The van der Waals surface area contributed by atoms with Gasteiger partial charge in [-0.2, -0.15) is 0 Å². The van der Waals surface area contributed by atoms with E-state index < -0.39 is 11.7 Å². The summed E-state index contributed by atoms with van der Waals surface area (Å²) in [5, 5.41) is 5.20. The van der Waals surface area contributed by atoms with Crippen LogP contribution in [0.1, 0.15) is 23.7 Å². The molecule has 0 bridgehead atoms. The number of pyridine rings is 1. The summed E-state index contributed by atoms with van der Waals surface area (Å²) in [7, 11) is 0. The number of benzene rings is 1. The first-order valence-electron chi connectivity index (χ1n) is 6.41. The summed E-state index contributed by atoms with van der Waals surface area (Å²) in [6.45, 7) is 1.75. The van der Waals surface area contributed by atoms with E-state index >= 15 is 0 Å². The maximum absolute atomic E-state index is 13.0. The highest BCUT2D eigenvalue weighted by Gasteiger charge is 2.08. The van der Waals surface area contributed by atoms with Crippen LogP contribution in [0.25, 0.3) is 0 Å². The molecule has 0 unspecified atom stereocenters. The lowest BCUT2D eigenvalue weighted by Crippen LogP contribution is -2.14. The van der Waals surface area contributed by atoms with E-state index in [0.29, 0.717) is 17.9 Å². The SMILES string of the molecule is CCC(=O)Nc1ccc(NC(=O)c2cccc(F)c2)nc1. The van der Waals surface area contributed by atoms with Gasteiger partial charge >= 0.3 is 0 Å². The van der Waals surface area contributed by atoms with Gasteiger partial charge in [0.05, 0.1) is 11.9 Å². The number of carbonyl (C=O) groups is 2. The van der Waals surface area contributed by atoms with Gasteiger partial charge in [-0.3, -0.25) is 9.59 Å². The van der Waals surface area contributed by atoms with Gasteiger partial charge in [0.2, 0.25) is 5.91 Å². The number of halogens is 1. The van der Waals surface area contributed by atoms with E-state index in [0.717, 1.165) is 6.07 Å². The van der Waals surface area contributed by atoms with E-state index in [9.17, 15) is 14.0 Å². The van der Waals surface area contributed by atoms with Crippen LogP contribution in [0.3, 0.4) is 0 Å². The lowest BCUT2D eigenvalue weighted by atomic mass is 10.2. The topological polar surface area (TPSA) is 71.1 Å². The predicted molar refractivity (Wildman–Crippen MR) is 77.5 cm³/mol. The van der Waals surface area contributed by atoms with Crippen molar-refractivity contribution in [2.75, 3.05) is 10.6 Å². The number of hydrogen-bond donors (Lipinski definition) is 2. The molecule has 21 heavy (non-hydrogen) atoms. The monoisotopic (exact) mass is 287 g/mol. The summed E-state index contributed by atoms with van der Waals surface area (Å²) in [5.74, 6) is -0.729. The fourth-order valence-electron chi connectivity index (χ4n) is 1.61. The van der Waals surface area contributed by atoms with Gasteiger partial charge < -0.3 is 10.6 Å². The molecule has 0 radical (unpaired) electrons. The van der Waals surface area contributed by atoms with Gasteiger partial charge in [0.15, 0.2) is 0 Å². The molecule has 0 saturated carbocycles. The fraction of sp³-hybridized carbons (Fsp3) is 0.133. The molecular weight excluding hydrogens is 273 g/mol. The molecule has 0 spiro atoms. The third-order valence-electron chi connectivity index (χ3n) is 2.70. The van der Waals surface area contributed by atoms with Crippen LogP contribution in [-0.2, 0) is 4.79 Å². The third-order valence-corrected chi connectivity index (χ3v) is 2.70. The Kier molecular flexibility index (Phi) is 4.61. The van der Waals surface area contributed by atoms with E-state index in [1.165, 1.54) is 24.4 Å². The molecular formula is C15H14FN3O2. The molecule has 0 aliphatic carbocycles. The van der Waals surface area contributed by atoms with Crippen molar-refractivity contribution in [1.82, 2.24) is 4.98 Å². The van der Waals surface area contributed by atoms with Crippen molar-refractivity contribution < 1.29 is 14.0 Å². The molecule has 6 heteroatoms. The minimum atomic E-state index is -0.478. The van der Waals surface area contributed by atoms with Crippen molar-refractivity contribution in [3.63, 3.8) is 0 Å². The molecule has 1 heterocycles. The first-order valence-corrected chi connectivity index (χ1v) is 6.41. The van der Waals surface area contributed by atoms with Crippen LogP contribution < -0.4 is 10.6 Å². The summed E-state index contributed by atoms with van der Waals surface area (Å²) < 4.78 is 13.0. The smallest absolute Gasteiger partial charge is 0.256 e. The Morgan fingerprint density at radius 3 is 2.62 bits per heavy atom.